The normalized spacial score (nSPS) is 29.3. The van der Waals surface area contributed by atoms with Crippen LogP contribution in [-0.4, -0.2) is 131 Å². The molecule has 4 bridgehead atoms. The van der Waals surface area contributed by atoms with Crippen LogP contribution in [0.2, 0.25) is 0 Å². The highest BCUT2D eigenvalue weighted by Crippen LogP contribution is 2.41. The lowest BCUT2D eigenvalue weighted by Gasteiger charge is -2.46. The van der Waals surface area contributed by atoms with Crippen LogP contribution in [0.5, 0.6) is 11.5 Å². The van der Waals surface area contributed by atoms with Gasteiger partial charge in [-0.15, -0.1) is 0 Å². The fraction of sp³-hybridized carbons (Fsp3) is 0.564. The molecule has 0 aromatic heterocycles. The molecule has 3 aliphatic heterocycles. The van der Waals surface area contributed by atoms with E-state index in [1.165, 1.54) is 0 Å². The quantitative estimate of drug-likeness (QED) is 0.263. The zero-order chi connectivity index (χ0) is 41.0. The van der Waals surface area contributed by atoms with Crippen LogP contribution >= 0.6 is 0 Å². The Kier molecular flexibility index (Phi) is 15.6. The van der Waals surface area contributed by atoms with Gasteiger partial charge in [-0.25, -0.2) is 0 Å². The number of ether oxygens (including phenoxy) is 13. The number of benzene rings is 2. The molecule has 0 spiro atoms. The van der Waals surface area contributed by atoms with E-state index in [0.29, 0.717) is 11.5 Å². The summed E-state index contributed by atoms with van der Waals surface area (Å²) < 4.78 is 77.9. The van der Waals surface area contributed by atoms with Crippen molar-refractivity contribution in [2.45, 2.75) is 96.0 Å². The zero-order valence-corrected chi connectivity index (χ0v) is 32.3. The molecule has 0 unspecified atom stereocenters. The van der Waals surface area contributed by atoms with Crippen molar-refractivity contribution in [2.24, 2.45) is 0 Å². The molecule has 9 atom stereocenters. The lowest BCUT2D eigenvalue weighted by molar-refractivity contribution is -0.387. The molecular formula is C39H48O18. The molecular weight excluding hydrogens is 756 g/mol. The standard InChI is InChI=1S/C39H48O18/c1-23(40)50-33-31-20-45-15-17-48-29-13-9-10-14-30(29)49-18-16-46-21-32-34(51-24(2)41)37(54-27(5)44)39(56-32,22-47-19-28-11-7-6-8-12-28)57-38(55-31)36(53-26(4)43)35(33)52-25(3)42/h6-14,31-38H,15-22H2,1-5H3/t31-,32-,33-,34-,35+,36-,37+,38-,39+/m1/s1. The minimum Gasteiger partial charge on any atom is -0.487 e. The third kappa shape index (κ3) is 12.1. The fourth-order valence-corrected chi connectivity index (χ4v) is 6.55. The summed E-state index contributed by atoms with van der Waals surface area (Å²) in [5, 5.41) is 0. The summed E-state index contributed by atoms with van der Waals surface area (Å²) in [6.07, 6.45) is -11.6. The fourth-order valence-electron chi connectivity index (χ4n) is 6.55. The second-order valence-corrected chi connectivity index (χ2v) is 13.2. The van der Waals surface area contributed by atoms with Crippen molar-refractivity contribution >= 4 is 29.8 Å². The number of hydrogen-bond acceptors (Lipinski definition) is 18. The van der Waals surface area contributed by atoms with Crippen molar-refractivity contribution in [3.05, 3.63) is 60.2 Å². The molecule has 2 aromatic rings. The minimum absolute atomic E-state index is 0.00186. The van der Waals surface area contributed by atoms with E-state index in [2.05, 4.69) is 0 Å². The summed E-state index contributed by atoms with van der Waals surface area (Å²) in [6, 6.07) is 16.1. The van der Waals surface area contributed by atoms with Crippen molar-refractivity contribution in [2.75, 3.05) is 46.2 Å². The van der Waals surface area contributed by atoms with E-state index in [-0.39, 0.29) is 46.2 Å². The first-order valence-electron chi connectivity index (χ1n) is 18.3. The number of hydrogen-bond donors (Lipinski definition) is 0. The summed E-state index contributed by atoms with van der Waals surface area (Å²) in [5.74, 6) is -5.33. The molecule has 0 radical (unpaired) electrons. The molecule has 2 saturated heterocycles. The van der Waals surface area contributed by atoms with Gasteiger partial charge in [0.05, 0.1) is 33.0 Å². The first-order chi connectivity index (χ1) is 27.3. The Balaban J connectivity index is 1.61. The third-order valence-electron chi connectivity index (χ3n) is 8.66. The molecule has 0 aliphatic carbocycles. The Morgan fingerprint density at radius 3 is 1.67 bits per heavy atom. The van der Waals surface area contributed by atoms with Crippen LogP contribution in [-0.2, 0) is 82.7 Å². The van der Waals surface area contributed by atoms with Crippen LogP contribution in [0.4, 0.5) is 0 Å². The molecule has 5 rings (SSSR count). The largest absolute Gasteiger partial charge is 0.487 e. The van der Waals surface area contributed by atoms with Gasteiger partial charge in [0.15, 0.2) is 42.0 Å². The Labute approximate surface area is 329 Å². The van der Waals surface area contributed by atoms with Gasteiger partial charge in [0.1, 0.15) is 32.0 Å². The Hall–Kier alpha value is -4.85. The maximum atomic E-state index is 12.8. The number of rotatable bonds is 9. The van der Waals surface area contributed by atoms with Crippen LogP contribution in [0.1, 0.15) is 40.2 Å². The molecule has 3 heterocycles. The zero-order valence-electron chi connectivity index (χ0n) is 32.3. The summed E-state index contributed by atoms with van der Waals surface area (Å²) >= 11 is 0. The van der Waals surface area contributed by atoms with Gasteiger partial charge in [0.2, 0.25) is 12.1 Å². The first kappa shape index (κ1) is 43.3. The lowest BCUT2D eigenvalue weighted by Crippen LogP contribution is -2.65. The maximum Gasteiger partial charge on any atom is 0.303 e. The van der Waals surface area contributed by atoms with Crippen LogP contribution in [0.25, 0.3) is 0 Å². The van der Waals surface area contributed by atoms with Gasteiger partial charge in [-0.05, 0) is 17.7 Å². The Bertz CT molecular complexity index is 1670. The highest BCUT2D eigenvalue weighted by Gasteiger charge is 2.64. The van der Waals surface area contributed by atoms with E-state index in [9.17, 15) is 24.0 Å². The van der Waals surface area contributed by atoms with E-state index in [1.807, 2.05) is 30.3 Å². The maximum absolute atomic E-state index is 12.8. The van der Waals surface area contributed by atoms with Gasteiger partial charge in [0, 0.05) is 34.6 Å². The molecule has 0 amide bonds. The molecule has 312 valence electrons. The van der Waals surface area contributed by atoms with Gasteiger partial charge in [-0.2, -0.15) is 0 Å². The highest BCUT2D eigenvalue weighted by atomic mass is 16.8. The molecule has 2 fully saturated rings. The second-order valence-electron chi connectivity index (χ2n) is 13.2. The monoisotopic (exact) mass is 804 g/mol. The number of carbonyl (C=O) groups is 5. The van der Waals surface area contributed by atoms with Crippen LogP contribution in [0, 0.1) is 0 Å². The average Bonchev–Trinajstić information content (AvgIpc) is 3.40. The van der Waals surface area contributed by atoms with Crippen LogP contribution < -0.4 is 9.47 Å². The lowest BCUT2D eigenvalue weighted by atomic mass is 9.97. The molecule has 57 heavy (non-hydrogen) atoms. The minimum atomic E-state index is -2.19. The molecule has 3 aliphatic rings. The molecule has 18 nitrogen and oxygen atoms in total. The number of esters is 5. The predicted octanol–water partition coefficient (Wildman–Crippen LogP) is 2.20. The second kappa shape index (κ2) is 20.5. The smallest absolute Gasteiger partial charge is 0.303 e. The van der Waals surface area contributed by atoms with Crippen molar-refractivity contribution in [1.82, 2.24) is 0 Å². The number of fused-ring (bicyclic) bond motifs is 5. The SMILES string of the molecule is CC(=O)O[C@@H]1[C@@H](OC(C)=O)[C@@H]2O[C@H](COCCOc3ccccc3OCCOC[C@H]3O[C@@](COCc4ccccc4)(O2)[C@@H](OC(C)=O)[C@@H]3OC(C)=O)[C@H]1OC(C)=O. The van der Waals surface area contributed by atoms with Crippen LogP contribution in [0.3, 0.4) is 0 Å². The predicted molar refractivity (Wildman–Crippen MR) is 190 cm³/mol. The summed E-state index contributed by atoms with van der Waals surface area (Å²) in [4.78, 5) is 63.1. The van der Waals surface area contributed by atoms with Gasteiger partial charge >= 0.3 is 29.8 Å². The Morgan fingerprint density at radius 2 is 1.09 bits per heavy atom. The van der Waals surface area contributed by atoms with Gasteiger partial charge in [0.25, 0.3) is 0 Å². The molecule has 18 heteroatoms. The summed E-state index contributed by atoms with van der Waals surface area (Å²) in [6.45, 7) is 4.82. The topological polar surface area (TPSA) is 205 Å². The summed E-state index contributed by atoms with van der Waals surface area (Å²) in [5.41, 5.74) is 0.761. The Morgan fingerprint density at radius 1 is 0.579 bits per heavy atom. The van der Waals surface area contributed by atoms with E-state index in [1.54, 1.807) is 24.3 Å². The van der Waals surface area contributed by atoms with Gasteiger partial charge in [-0.1, -0.05) is 42.5 Å². The van der Waals surface area contributed by atoms with Gasteiger partial charge < -0.3 is 61.6 Å². The highest BCUT2D eigenvalue weighted by molar-refractivity contribution is 5.69. The van der Waals surface area contributed by atoms with E-state index in [0.717, 1.165) is 40.2 Å². The van der Waals surface area contributed by atoms with E-state index in [4.69, 9.17) is 61.6 Å². The van der Waals surface area contributed by atoms with Crippen molar-refractivity contribution in [1.29, 1.82) is 0 Å². The molecule has 0 saturated carbocycles. The number of carbonyl (C=O) groups excluding carboxylic acids is 5. The first-order valence-corrected chi connectivity index (χ1v) is 18.3. The third-order valence-corrected chi connectivity index (χ3v) is 8.66. The van der Waals surface area contributed by atoms with Crippen LogP contribution in [0.15, 0.2) is 54.6 Å². The van der Waals surface area contributed by atoms with Crippen molar-refractivity contribution in [3.8, 4) is 11.5 Å². The number of para-hydroxylation sites is 2. The van der Waals surface area contributed by atoms with Crippen molar-refractivity contribution in [3.63, 3.8) is 0 Å². The van der Waals surface area contributed by atoms with Crippen molar-refractivity contribution < 1.29 is 85.6 Å². The molecule has 2 aromatic carbocycles. The van der Waals surface area contributed by atoms with Gasteiger partial charge in [-0.3, -0.25) is 24.0 Å². The van der Waals surface area contributed by atoms with E-state index >= 15 is 0 Å². The summed E-state index contributed by atoms with van der Waals surface area (Å²) in [7, 11) is 0. The van der Waals surface area contributed by atoms with E-state index < -0.39 is 91.3 Å². The average molecular weight is 805 g/mol. The molecule has 0 N–H and O–H groups in total.